The minimum Gasteiger partial charge on any atom is -0.478 e. The fourth-order valence-corrected chi connectivity index (χ4v) is 5.59. The van der Waals surface area contributed by atoms with E-state index in [1.807, 2.05) is 24.3 Å². The molecule has 0 aliphatic heterocycles. The second-order valence-electron chi connectivity index (χ2n) is 11.7. The van der Waals surface area contributed by atoms with Crippen LogP contribution in [0.4, 0.5) is 0 Å². The first-order chi connectivity index (χ1) is 19.6. The van der Waals surface area contributed by atoms with Gasteiger partial charge in [-0.15, -0.1) is 0 Å². The third-order valence-electron chi connectivity index (χ3n) is 8.18. The fraction of sp³-hybridized carbons (Fsp3) is 0.667. The maximum Gasteiger partial charge on any atom is 0.335 e. The number of hydrogen-bond acceptors (Lipinski definition) is 2. The molecule has 0 radical (unpaired) electrons. The molecule has 40 heavy (non-hydrogen) atoms. The molecule has 0 bridgehead atoms. The number of carboxylic acid groups (broad SMARTS) is 1. The van der Waals surface area contributed by atoms with Crippen molar-refractivity contribution in [3.05, 3.63) is 47.5 Å². The number of aromatic carboxylic acids is 1. The zero-order valence-electron chi connectivity index (χ0n) is 25.7. The van der Waals surface area contributed by atoms with Crippen molar-refractivity contribution in [1.29, 1.82) is 0 Å². The zero-order chi connectivity index (χ0) is 28.8. The molecule has 0 aliphatic rings. The van der Waals surface area contributed by atoms with Gasteiger partial charge in [-0.25, -0.2) is 4.79 Å². The SMILES string of the molecule is CCCCCCCCCCCCN(CCCCCCCCCCCC)C(=O)c1ccc2cc(C(=O)O)ccc2c1. The Bertz CT molecular complexity index is 946. The molecule has 224 valence electrons. The number of rotatable bonds is 24. The molecule has 4 nitrogen and oxygen atoms in total. The van der Waals surface area contributed by atoms with E-state index in [4.69, 9.17) is 0 Å². The topological polar surface area (TPSA) is 57.6 Å². The fourth-order valence-electron chi connectivity index (χ4n) is 5.59. The van der Waals surface area contributed by atoms with Crippen LogP contribution < -0.4 is 0 Å². The maximum atomic E-state index is 13.6. The summed E-state index contributed by atoms with van der Waals surface area (Å²) in [4.78, 5) is 27.0. The van der Waals surface area contributed by atoms with Crippen LogP contribution in [0.15, 0.2) is 36.4 Å². The number of hydrogen-bond donors (Lipinski definition) is 1. The number of amides is 1. The van der Waals surface area contributed by atoms with Crippen LogP contribution in [0.1, 0.15) is 163 Å². The first-order valence-electron chi connectivity index (χ1n) is 16.6. The molecule has 1 N–H and O–H groups in total. The largest absolute Gasteiger partial charge is 0.478 e. The Morgan fingerprint density at radius 3 is 1.27 bits per heavy atom. The molecule has 0 unspecified atom stereocenters. The van der Waals surface area contributed by atoms with Gasteiger partial charge >= 0.3 is 5.97 Å². The number of carbonyl (C=O) groups is 2. The zero-order valence-corrected chi connectivity index (χ0v) is 25.7. The predicted octanol–water partition coefficient (Wildman–Crippen LogP) is 10.8. The van der Waals surface area contributed by atoms with E-state index in [0.717, 1.165) is 36.7 Å². The number of unbranched alkanes of at least 4 members (excludes halogenated alkanes) is 18. The van der Waals surface area contributed by atoms with E-state index in [2.05, 4.69) is 18.7 Å². The van der Waals surface area contributed by atoms with Gasteiger partial charge in [0.15, 0.2) is 0 Å². The molecule has 0 aliphatic carbocycles. The van der Waals surface area contributed by atoms with E-state index in [1.165, 1.54) is 116 Å². The smallest absolute Gasteiger partial charge is 0.335 e. The van der Waals surface area contributed by atoms with E-state index < -0.39 is 5.97 Å². The average Bonchev–Trinajstić information content (AvgIpc) is 2.97. The van der Waals surface area contributed by atoms with Crippen molar-refractivity contribution in [3.8, 4) is 0 Å². The van der Waals surface area contributed by atoms with Gasteiger partial charge < -0.3 is 10.0 Å². The number of nitrogens with zero attached hydrogens (tertiary/aromatic N) is 1. The number of benzene rings is 2. The molecule has 0 spiro atoms. The molecule has 2 aromatic carbocycles. The van der Waals surface area contributed by atoms with Crippen molar-refractivity contribution in [3.63, 3.8) is 0 Å². The normalized spacial score (nSPS) is 11.2. The van der Waals surface area contributed by atoms with Crippen molar-refractivity contribution in [2.45, 2.75) is 142 Å². The van der Waals surface area contributed by atoms with Gasteiger partial charge in [0.1, 0.15) is 0 Å². The van der Waals surface area contributed by atoms with Crippen molar-refractivity contribution < 1.29 is 14.7 Å². The summed E-state index contributed by atoms with van der Waals surface area (Å²) in [6.45, 7) is 6.17. The van der Waals surface area contributed by atoms with Gasteiger partial charge in [0, 0.05) is 18.7 Å². The molecular formula is C36H57NO3. The van der Waals surface area contributed by atoms with Crippen LogP contribution in [0, 0.1) is 0 Å². The molecule has 0 atom stereocenters. The summed E-state index contributed by atoms with van der Waals surface area (Å²) in [5.41, 5.74) is 0.977. The molecule has 0 saturated heterocycles. The first-order valence-corrected chi connectivity index (χ1v) is 16.6. The van der Waals surface area contributed by atoms with Crippen LogP contribution in [-0.4, -0.2) is 35.0 Å². The highest BCUT2D eigenvalue weighted by Crippen LogP contribution is 2.20. The van der Waals surface area contributed by atoms with E-state index in [-0.39, 0.29) is 11.5 Å². The third-order valence-corrected chi connectivity index (χ3v) is 8.18. The lowest BCUT2D eigenvalue weighted by molar-refractivity contribution is 0.0695. The van der Waals surface area contributed by atoms with Crippen LogP contribution >= 0.6 is 0 Å². The first kappa shape index (κ1) is 33.8. The van der Waals surface area contributed by atoms with Gasteiger partial charge in [-0.1, -0.05) is 142 Å². The number of fused-ring (bicyclic) bond motifs is 1. The molecule has 0 fully saturated rings. The van der Waals surface area contributed by atoms with E-state index in [1.54, 1.807) is 12.1 Å². The number of carboxylic acids is 1. The lowest BCUT2D eigenvalue weighted by atomic mass is 10.0. The Kier molecular flexibility index (Phi) is 18.1. The van der Waals surface area contributed by atoms with Crippen molar-refractivity contribution in [1.82, 2.24) is 4.90 Å². The van der Waals surface area contributed by atoms with Gasteiger partial charge in [0.2, 0.25) is 0 Å². The van der Waals surface area contributed by atoms with Crippen molar-refractivity contribution >= 4 is 22.6 Å². The summed E-state index contributed by atoms with van der Waals surface area (Å²) in [6, 6.07) is 10.8. The van der Waals surface area contributed by atoms with E-state index >= 15 is 0 Å². The Hall–Kier alpha value is -2.36. The molecule has 2 aromatic rings. The summed E-state index contributed by atoms with van der Waals surface area (Å²) in [5, 5.41) is 11.1. The molecule has 2 rings (SSSR count). The average molecular weight is 552 g/mol. The number of carbonyl (C=O) groups excluding carboxylic acids is 1. The highest BCUT2D eigenvalue weighted by atomic mass is 16.4. The molecule has 0 heterocycles. The van der Waals surface area contributed by atoms with Gasteiger partial charge in [-0.3, -0.25) is 4.79 Å². The Morgan fingerprint density at radius 2 is 0.875 bits per heavy atom. The lowest BCUT2D eigenvalue weighted by Gasteiger charge is -2.23. The van der Waals surface area contributed by atoms with Crippen LogP contribution in [-0.2, 0) is 0 Å². The van der Waals surface area contributed by atoms with Gasteiger partial charge in [-0.2, -0.15) is 0 Å². The standard InChI is InChI=1S/C36H57NO3/c1-3-5-7-9-11-13-15-17-19-21-27-37(28-22-20-18-16-14-12-10-8-6-4-2)35(38)33-25-23-32-30-34(36(39)40)26-24-31(32)29-33/h23-26,29-30H,3-22,27-28H2,1-2H3,(H,39,40). The summed E-state index contributed by atoms with van der Waals surface area (Å²) in [6.07, 6.45) is 25.9. The summed E-state index contributed by atoms with van der Waals surface area (Å²) in [5.74, 6) is -0.822. The molecule has 4 heteroatoms. The van der Waals surface area contributed by atoms with Crippen LogP contribution in [0.25, 0.3) is 10.8 Å². The van der Waals surface area contributed by atoms with Crippen molar-refractivity contribution in [2.24, 2.45) is 0 Å². The Morgan fingerprint density at radius 1 is 0.525 bits per heavy atom. The highest BCUT2D eigenvalue weighted by molar-refractivity contribution is 6.00. The van der Waals surface area contributed by atoms with Crippen LogP contribution in [0.5, 0.6) is 0 Å². The van der Waals surface area contributed by atoms with Crippen molar-refractivity contribution in [2.75, 3.05) is 13.1 Å². The minimum atomic E-state index is -0.929. The van der Waals surface area contributed by atoms with E-state index in [0.29, 0.717) is 5.56 Å². The Labute approximate surface area is 244 Å². The summed E-state index contributed by atoms with van der Waals surface area (Å²) in [7, 11) is 0. The molecule has 0 aromatic heterocycles. The van der Waals surface area contributed by atoms with Gasteiger partial charge in [-0.05, 0) is 47.9 Å². The molecule has 0 saturated carbocycles. The minimum absolute atomic E-state index is 0.107. The highest BCUT2D eigenvalue weighted by Gasteiger charge is 2.16. The van der Waals surface area contributed by atoms with E-state index in [9.17, 15) is 14.7 Å². The van der Waals surface area contributed by atoms with Crippen LogP contribution in [0.3, 0.4) is 0 Å². The second-order valence-corrected chi connectivity index (χ2v) is 11.7. The third kappa shape index (κ3) is 13.8. The monoisotopic (exact) mass is 551 g/mol. The summed E-state index contributed by atoms with van der Waals surface area (Å²) >= 11 is 0. The predicted molar refractivity (Wildman–Crippen MR) is 170 cm³/mol. The van der Waals surface area contributed by atoms with Gasteiger partial charge in [0.05, 0.1) is 5.56 Å². The molecule has 1 amide bonds. The summed E-state index contributed by atoms with van der Waals surface area (Å²) < 4.78 is 0. The van der Waals surface area contributed by atoms with Gasteiger partial charge in [0.25, 0.3) is 5.91 Å². The lowest BCUT2D eigenvalue weighted by Crippen LogP contribution is -2.33. The Balaban J connectivity index is 1.84. The molecular weight excluding hydrogens is 494 g/mol. The second kappa shape index (κ2) is 21.4. The quantitative estimate of drug-likeness (QED) is 0.132. The maximum absolute atomic E-state index is 13.6. The van der Waals surface area contributed by atoms with Crippen LogP contribution in [0.2, 0.25) is 0 Å².